The fourth-order valence-corrected chi connectivity index (χ4v) is 6.80. The first kappa shape index (κ1) is 33.8. The van der Waals surface area contributed by atoms with Crippen LogP contribution in [0.2, 0.25) is 0 Å². The first-order valence-electron chi connectivity index (χ1n) is 17.4. The van der Waals surface area contributed by atoms with Crippen LogP contribution in [0.4, 0.5) is 0 Å². The summed E-state index contributed by atoms with van der Waals surface area (Å²) in [5.41, 5.74) is 13.4. The molecule has 0 spiro atoms. The van der Waals surface area contributed by atoms with Crippen molar-refractivity contribution in [2.75, 3.05) is 0 Å². The molecule has 0 saturated carbocycles. The Morgan fingerprint density at radius 2 is 0.906 bits per heavy atom. The van der Waals surface area contributed by atoms with Gasteiger partial charge in [-0.3, -0.25) is 0 Å². The molecule has 4 heteroatoms. The average molecular weight is 855 g/mol. The maximum absolute atomic E-state index is 5.22. The second-order valence-electron chi connectivity index (χ2n) is 12.8. The summed E-state index contributed by atoms with van der Waals surface area (Å²) in [6.45, 7) is 0. The zero-order chi connectivity index (χ0) is 34.7. The van der Waals surface area contributed by atoms with Gasteiger partial charge in [0.05, 0.1) is 11.4 Å². The van der Waals surface area contributed by atoms with Crippen molar-refractivity contribution < 1.29 is 20.1 Å². The van der Waals surface area contributed by atoms with Crippen LogP contribution in [0.5, 0.6) is 0 Å². The van der Waals surface area contributed by atoms with Gasteiger partial charge in [-0.1, -0.05) is 139 Å². The molecule has 0 saturated heterocycles. The van der Waals surface area contributed by atoms with E-state index in [1.54, 1.807) is 0 Å². The fourth-order valence-electron chi connectivity index (χ4n) is 6.80. The average Bonchev–Trinajstić information content (AvgIpc) is 3.24. The smallest absolute Gasteiger partial charge is 0.142 e. The summed E-state index contributed by atoms with van der Waals surface area (Å²) in [6.07, 6.45) is 1.86. The summed E-state index contributed by atoms with van der Waals surface area (Å²) in [6, 6.07) is 68.9. The van der Waals surface area contributed by atoms with Crippen LogP contribution in [-0.2, 0) is 20.1 Å². The van der Waals surface area contributed by atoms with E-state index in [9.17, 15) is 0 Å². The number of rotatable bonds is 7. The summed E-state index contributed by atoms with van der Waals surface area (Å²) >= 11 is 0. The molecule has 3 nitrogen and oxygen atoms in total. The Morgan fingerprint density at radius 1 is 0.377 bits per heavy atom. The molecule has 53 heavy (non-hydrogen) atoms. The zero-order valence-corrected chi connectivity index (χ0v) is 31.0. The number of fused-ring (bicyclic) bond motifs is 1. The third-order valence-electron chi connectivity index (χ3n) is 9.42. The van der Waals surface area contributed by atoms with Crippen molar-refractivity contribution in [2.45, 2.75) is 0 Å². The van der Waals surface area contributed by atoms with Crippen LogP contribution in [0.1, 0.15) is 0 Å². The van der Waals surface area contributed by atoms with Crippen LogP contribution in [0.3, 0.4) is 0 Å². The van der Waals surface area contributed by atoms with Gasteiger partial charge < -0.3 is 4.98 Å². The third-order valence-corrected chi connectivity index (χ3v) is 9.42. The Bertz CT molecular complexity index is 2610. The van der Waals surface area contributed by atoms with Crippen LogP contribution in [0.15, 0.2) is 194 Å². The van der Waals surface area contributed by atoms with Gasteiger partial charge in [0.2, 0.25) is 0 Å². The maximum Gasteiger partial charge on any atom is 0.142 e. The van der Waals surface area contributed by atoms with Gasteiger partial charge in [-0.15, -0.1) is 29.8 Å². The minimum absolute atomic E-state index is 0. The van der Waals surface area contributed by atoms with Crippen LogP contribution < -0.4 is 0 Å². The van der Waals surface area contributed by atoms with Gasteiger partial charge in [0, 0.05) is 37.4 Å². The third kappa shape index (κ3) is 7.11. The Labute approximate surface area is 323 Å². The van der Waals surface area contributed by atoms with E-state index in [4.69, 9.17) is 15.0 Å². The Morgan fingerprint density at radius 3 is 1.58 bits per heavy atom. The van der Waals surface area contributed by atoms with Crippen LogP contribution >= 0.6 is 0 Å². The van der Waals surface area contributed by atoms with Gasteiger partial charge >= 0.3 is 0 Å². The summed E-state index contributed by atoms with van der Waals surface area (Å²) in [5.74, 6) is 0.648. The number of aromatic nitrogens is 3. The van der Waals surface area contributed by atoms with E-state index in [0.29, 0.717) is 5.82 Å². The van der Waals surface area contributed by atoms with Crippen molar-refractivity contribution in [2.24, 2.45) is 0 Å². The predicted octanol–water partition coefficient (Wildman–Crippen LogP) is 12.5. The molecular formula is C49H32IrN3-. The zero-order valence-electron chi connectivity index (χ0n) is 28.7. The van der Waals surface area contributed by atoms with E-state index in [-0.39, 0.29) is 20.1 Å². The van der Waals surface area contributed by atoms with E-state index in [2.05, 4.69) is 146 Å². The minimum Gasteiger partial charge on any atom is -0.304 e. The van der Waals surface area contributed by atoms with E-state index >= 15 is 0 Å². The standard InChI is InChI=1S/C49H32N3.Ir/c1-4-14-34(15-5-1)42-30-43(35-16-6-2-7-17-35)32-44(31-42)38-21-12-22-39(28-38)47-33-46(37-19-8-3-9-20-37)51-49(52-47)41-24-13-23-40(29-41)48-45-25-11-10-18-36(45)26-27-50-48;/h1-22,24-33H;/q-1;. The van der Waals surface area contributed by atoms with E-state index < -0.39 is 0 Å². The van der Waals surface area contributed by atoms with Crippen molar-refractivity contribution in [3.8, 4) is 78.5 Å². The van der Waals surface area contributed by atoms with Crippen molar-refractivity contribution in [3.05, 3.63) is 200 Å². The molecule has 2 aromatic heterocycles. The molecule has 253 valence electrons. The van der Waals surface area contributed by atoms with Gasteiger partial charge in [0.25, 0.3) is 0 Å². The molecule has 0 amide bonds. The molecule has 0 N–H and O–H groups in total. The molecule has 0 bridgehead atoms. The predicted molar refractivity (Wildman–Crippen MR) is 214 cm³/mol. The first-order valence-corrected chi connectivity index (χ1v) is 17.4. The maximum atomic E-state index is 5.22. The molecule has 7 aromatic carbocycles. The van der Waals surface area contributed by atoms with Crippen LogP contribution in [-0.4, -0.2) is 15.0 Å². The molecule has 0 aliphatic rings. The van der Waals surface area contributed by atoms with Gasteiger partial charge in [0.1, 0.15) is 5.82 Å². The Balaban J connectivity index is 0.00000400. The van der Waals surface area contributed by atoms with Crippen molar-refractivity contribution in [1.29, 1.82) is 0 Å². The normalized spacial score (nSPS) is 10.9. The summed E-state index contributed by atoms with van der Waals surface area (Å²) in [5, 5.41) is 2.22. The van der Waals surface area contributed by atoms with E-state index in [0.717, 1.165) is 61.2 Å². The van der Waals surface area contributed by atoms with Crippen LogP contribution in [0, 0.1) is 6.07 Å². The Kier molecular flexibility index (Phi) is 9.64. The number of nitrogens with zero attached hydrogens (tertiary/aromatic N) is 3. The molecule has 0 aliphatic heterocycles. The molecule has 2 heterocycles. The number of hydrogen-bond acceptors (Lipinski definition) is 3. The van der Waals surface area contributed by atoms with Crippen molar-refractivity contribution in [1.82, 2.24) is 15.0 Å². The molecule has 0 atom stereocenters. The quantitative estimate of drug-likeness (QED) is 0.150. The molecule has 1 radical (unpaired) electrons. The number of benzene rings is 7. The first-order chi connectivity index (χ1) is 25.7. The molecule has 0 unspecified atom stereocenters. The van der Waals surface area contributed by atoms with E-state index in [1.165, 1.54) is 22.3 Å². The minimum atomic E-state index is 0. The largest absolute Gasteiger partial charge is 0.304 e. The van der Waals surface area contributed by atoms with Gasteiger partial charge in [-0.25, -0.2) is 9.97 Å². The van der Waals surface area contributed by atoms with E-state index in [1.807, 2.05) is 54.7 Å². The number of pyridine rings is 1. The topological polar surface area (TPSA) is 38.7 Å². The second kappa shape index (κ2) is 15.1. The molecule has 9 rings (SSSR count). The number of hydrogen-bond donors (Lipinski definition) is 0. The molecule has 0 aliphatic carbocycles. The fraction of sp³-hybridized carbons (Fsp3) is 0. The monoisotopic (exact) mass is 855 g/mol. The summed E-state index contributed by atoms with van der Waals surface area (Å²) in [4.78, 5) is 15.1. The van der Waals surface area contributed by atoms with Gasteiger partial charge in [0.15, 0.2) is 0 Å². The summed E-state index contributed by atoms with van der Waals surface area (Å²) < 4.78 is 0. The molecular weight excluding hydrogens is 823 g/mol. The molecule has 9 aromatic rings. The van der Waals surface area contributed by atoms with Gasteiger partial charge in [-0.05, 0) is 86.2 Å². The second-order valence-corrected chi connectivity index (χ2v) is 12.8. The molecule has 0 fully saturated rings. The SMILES string of the molecule is [Ir].[c-]1ccc(-c2nc(-c3ccccc3)cc(-c3cccc(-c4cc(-c5ccccc5)cc(-c5ccccc5)c4)c3)n2)cc1-c1nccc2ccccc12. The van der Waals surface area contributed by atoms with Crippen molar-refractivity contribution >= 4 is 10.8 Å². The van der Waals surface area contributed by atoms with Crippen molar-refractivity contribution in [3.63, 3.8) is 0 Å². The van der Waals surface area contributed by atoms with Crippen LogP contribution in [0.25, 0.3) is 89.3 Å². The Hall–Kier alpha value is -6.32. The summed E-state index contributed by atoms with van der Waals surface area (Å²) in [7, 11) is 0. The van der Waals surface area contributed by atoms with Gasteiger partial charge in [-0.2, -0.15) is 0 Å².